The van der Waals surface area contributed by atoms with E-state index in [0.29, 0.717) is 60.3 Å². The van der Waals surface area contributed by atoms with Gasteiger partial charge < -0.3 is 20.3 Å². The number of ether oxygens (including phenoxy) is 1. The summed E-state index contributed by atoms with van der Waals surface area (Å²) in [5.74, 6) is -0.0970. The van der Waals surface area contributed by atoms with Crippen LogP contribution in [0.5, 0.6) is 5.75 Å². The number of carbonyl (C=O) groups excluding carboxylic acids is 2. The Hall–Kier alpha value is -3.65. The Morgan fingerprint density at radius 3 is 2.33 bits per heavy atom. The van der Waals surface area contributed by atoms with E-state index < -0.39 is 16.1 Å². The number of para-hydroxylation sites is 1. The van der Waals surface area contributed by atoms with Gasteiger partial charge in [-0.1, -0.05) is 47.5 Å². The van der Waals surface area contributed by atoms with Crippen molar-refractivity contribution in [2.45, 2.75) is 50.7 Å². The maximum Gasteiger partial charge on any atom is 0.253 e. The number of amidine groups is 1. The first kappa shape index (κ1) is 42.8. The van der Waals surface area contributed by atoms with Gasteiger partial charge in [0.05, 0.1) is 5.02 Å². The van der Waals surface area contributed by atoms with Crippen molar-refractivity contribution in [3.63, 3.8) is 0 Å². The van der Waals surface area contributed by atoms with Crippen molar-refractivity contribution in [1.29, 1.82) is 5.41 Å². The van der Waals surface area contributed by atoms with Gasteiger partial charge >= 0.3 is 0 Å². The number of carbonyl (C=O) groups is 2. The second-order valence-electron chi connectivity index (χ2n) is 12.5. The third-order valence-corrected chi connectivity index (χ3v) is 11.7. The zero-order valence-electron chi connectivity index (χ0n) is 29.2. The molecule has 1 aromatic heterocycles. The molecular formula is C36H42Cl4N6O5S. The molecule has 0 bridgehead atoms. The highest BCUT2D eigenvalue weighted by molar-refractivity contribution is 7.89. The quantitative estimate of drug-likeness (QED) is 0.120. The van der Waals surface area contributed by atoms with Crippen molar-refractivity contribution in [3.05, 3.63) is 98.7 Å². The van der Waals surface area contributed by atoms with Gasteiger partial charge in [0.1, 0.15) is 34.6 Å². The summed E-state index contributed by atoms with van der Waals surface area (Å²) in [6.45, 7) is 4.66. The Labute approximate surface area is 326 Å². The highest BCUT2D eigenvalue weighted by Gasteiger charge is 2.41. The van der Waals surface area contributed by atoms with Crippen LogP contribution in [0.4, 0.5) is 0 Å². The predicted molar refractivity (Wildman–Crippen MR) is 210 cm³/mol. The smallest absolute Gasteiger partial charge is 0.253 e. The van der Waals surface area contributed by atoms with E-state index in [1.165, 1.54) is 21.3 Å². The minimum atomic E-state index is -4.20. The van der Waals surface area contributed by atoms with Crippen LogP contribution < -0.4 is 10.5 Å². The molecule has 3 N–H and O–H groups in total. The number of aromatic nitrogens is 1. The standard InChI is InChI=1S/C36H40Cl2N6O5S.2ClH/c1-22-20-23(2)41-33-26(22)8-5-10-30(33)49-21-27-28(37)15-16-31(32(27)38)50(47,48)44-19-6-9-29(44)36(46)43(4)18-7-17-42(3)35(45)25-13-11-24(12-14-25)34(39)40;;/h5,8,10-16,20,29H,6-7,9,17-19,21H2,1-4H3,(H3,39,40);2*1H/t29-;;/m0../s1. The zero-order chi connectivity index (χ0) is 36.3. The molecule has 0 spiro atoms. The molecule has 5 rings (SSSR count). The summed E-state index contributed by atoms with van der Waals surface area (Å²) in [5.41, 5.74) is 9.37. The van der Waals surface area contributed by atoms with Crippen LogP contribution in [-0.4, -0.2) is 84.9 Å². The minimum Gasteiger partial charge on any atom is -0.487 e. The van der Waals surface area contributed by atoms with E-state index in [2.05, 4.69) is 4.98 Å². The predicted octanol–water partition coefficient (Wildman–Crippen LogP) is 6.64. The lowest BCUT2D eigenvalue weighted by Crippen LogP contribution is -2.47. The lowest BCUT2D eigenvalue weighted by atomic mass is 10.1. The van der Waals surface area contributed by atoms with E-state index in [1.807, 2.05) is 32.0 Å². The summed E-state index contributed by atoms with van der Waals surface area (Å²) >= 11 is 13.3. The normalized spacial score (nSPS) is 14.3. The van der Waals surface area contributed by atoms with E-state index >= 15 is 0 Å². The van der Waals surface area contributed by atoms with Crippen LogP contribution in [0.3, 0.4) is 0 Å². The Kier molecular flexibility index (Phi) is 14.7. The maximum atomic E-state index is 14.1. The number of rotatable bonds is 12. The molecule has 0 radical (unpaired) electrons. The molecule has 16 heteroatoms. The number of amides is 2. The van der Waals surface area contributed by atoms with Gasteiger partial charge in [0.15, 0.2) is 0 Å². The number of aryl methyl sites for hydroxylation is 2. The van der Waals surface area contributed by atoms with Crippen LogP contribution >= 0.6 is 48.0 Å². The Morgan fingerprint density at radius 2 is 1.65 bits per heavy atom. The number of pyridine rings is 1. The first-order valence-corrected chi connectivity index (χ1v) is 18.3. The number of benzene rings is 3. The van der Waals surface area contributed by atoms with Gasteiger partial charge in [0, 0.05) is 66.5 Å². The van der Waals surface area contributed by atoms with Gasteiger partial charge in [-0.25, -0.2) is 13.4 Å². The number of likely N-dealkylation sites (N-methyl/N-ethyl adjacent to an activating group) is 1. The number of fused-ring (bicyclic) bond motifs is 1. The molecule has 0 unspecified atom stereocenters. The minimum absolute atomic E-state index is 0. The molecule has 2 heterocycles. The van der Waals surface area contributed by atoms with E-state index in [-0.39, 0.29) is 70.6 Å². The van der Waals surface area contributed by atoms with Crippen molar-refractivity contribution in [2.24, 2.45) is 5.73 Å². The fraction of sp³-hybridized carbons (Fsp3) is 0.333. The molecule has 1 atom stereocenters. The summed E-state index contributed by atoms with van der Waals surface area (Å²) in [4.78, 5) is 34.0. The van der Waals surface area contributed by atoms with E-state index in [9.17, 15) is 18.0 Å². The van der Waals surface area contributed by atoms with Crippen molar-refractivity contribution in [1.82, 2.24) is 19.1 Å². The van der Waals surface area contributed by atoms with Gasteiger partial charge in [-0.05, 0) is 75.1 Å². The van der Waals surface area contributed by atoms with E-state index in [1.54, 1.807) is 49.3 Å². The molecule has 280 valence electrons. The largest absolute Gasteiger partial charge is 0.487 e. The van der Waals surface area contributed by atoms with E-state index in [4.69, 9.17) is 39.1 Å². The lowest BCUT2D eigenvalue weighted by Gasteiger charge is -2.28. The third-order valence-electron chi connectivity index (χ3n) is 8.89. The third kappa shape index (κ3) is 9.10. The first-order chi connectivity index (χ1) is 23.7. The molecule has 11 nitrogen and oxygen atoms in total. The number of hydrogen-bond donors (Lipinski definition) is 2. The SMILES string of the molecule is Cc1cc(C)c2cccc(OCc3c(Cl)ccc(S(=O)(=O)N4CCC[C@H]4C(=O)N(C)CCCN(C)C(=O)c4ccc(C(=N)N)cc4)c3Cl)c2n1.Cl.Cl. The van der Waals surface area contributed by atoms with Crippen molar-refractivity contribution in [3.8, 4) is 5.75 Å². The number of halogens is 4. The molecule has 1 aliphatic heterocycles. The second-order valence-corrected chi connectivity index (χ2v) is 15.1. The maximum absolute atomic E-state index is 14.1. The van der Waals surface area contributed by atoms with Crippen LogP contribution in [-0.2, 0) is 21.4 Å². The Balaban J connectivity index is 0.00000364. The molecule has 1 fully saturated rings. The number of nitrogens with zero attached hydrogens (tertiary/aromatic N) is 4. The van der Waals surface area contributed by atoms with Crippen molar-refractivity contribution < 1.29 is 22.7 Å². The van der Waals surface area contributed by atoms with Gasteiger partial charge in [-0.3, -0.25) is 15.0 Å². The van der Waals surface area contributed by atoms with Gasteiger partial charge in [0.25, 0.3) is 5.91 Å². The van der Waals surface area contributed by atoms with Gasteiger partial charge in [-0.2, -0.15) is 4.31 Å². The number of nitrogens with two attached hydrogens (primary N) is 1. The number of sulfonamides is 1. The van der Waals surface area contributed by atoms with Crippen LogP contribution in [0, 0.1) is 19.3 Å². The molecule has 0 aliphatic carbocycles. The van der Waals surface area contributed by atoms with Gasteiger partial charge in [-0.15, -0.1) is 24.8 Å². The molecule has 1 saturated heterocycles. The molecule has 2 amide bonds. The summed E-state index contributed by atoms with van der Waals surface area (Å²) < 4.78 is 35.5. The number of hydrogen-bond acceptors (Lipinski definition) is 7. The number of nitrogens with one attached hydrogen (secondary N) is 1. The fourth-order valence-corrected chi connectivity index (χ4v) is 8.67. The molecular weight excluding hydrogens is 770 g/mol. The highest BCUT2D eigenvalue weighted by Crippen LogP contribution is 2.37. The topological polar surface area (TPSA) is 150 Å². The van der Waals surface area contributed by atoms with Crippen LogP contribution in [0.2, 0.25) is 10.0 Å². The second kappa shape index (κ2) is 17.9. The summed E-state index contributed by atoms with van der Waals surface area (Å²) in [7, 11) is -0.897. The monoisotopic (exact) mass is 810 g/mol. The number of nitrogen functional groups attached to an aromatic ring is 1. The lowest BCUT2D eigenvalue weighted by molar-refractivity contribution is -0.133. The van der Waals surface area contributed by atoms with Crippen LogP contribution in [0.15, 0.2) is 65.6 Å². The van der Waals surface area contributed by atoms with Crippen molar-refractivity contribution in [2.75, 3.05) is 33.7 Å². The summed E-state index contributed by atoms with van der Waals surface area (Å²) in [6, 6.07) is 16.0. The molecule has 3 aromatic carbocycles. The molecule has 1 aliphatic rings. The average Bonchev–Trinajstić information content (AvgIpc) is 3.58. The zero-order valence-corrected chi connectivity index (χ0v) is 33.2. The van der Waals surface area contributed by atoms with Crippen LogP contribution in [0.25, 0.3) is 10.9 Å². The van der Waals surface area contributed by atoms with Crippen LogP contribution in [0.1, 0.15) is 52.0 Å². The fourth-order valence-electron chi connectivity index (χ4n) is 6.15. The highest BCUT2D eigenvalue weighted by atomic mass is 35.5. The average molecular weight is 813 g/mol. The molecule has 0 saturated carbocycles. The summed E-state index contributed by atoms with van der Waals surface area (Å²) in [5, 5.41) is 8.64. The Bertz CT molecular complexity index is 2070. The molecule has 4 aromatic rings. The summed E-state index contributed by atoms with van der Waals surface area (Å²) in [6.07, 6.45) is 1.36. The van der Waals surface area contributed by atoms with Gasteiger partial charge in [0.2, 0.25) is 15.9 Å². The van der Waals surface area contributed by atoms with E-state index in [0.717, 1.165) is 16.6 Å². The first-order valence-electron chi connectivity index (χ1n) is 16.1. The molecule has 52 heavy (non-hydrogen) atoms. The Morgan fingerprint density at radius 1 is 1.00 bits per heavy atom. The van der Waals surface area contributed by atoms with Crippen molar-refractivity contribution >= 4 is 86.6 Å².